The van der Waals surface area contributed by atoms with E-state index in [0.717, 1.165) is 17.1 Å². The number of nitrogens with zero attached hydrogens (tertiary/aromatic N) is 1. The van der Waals surface area contributed by atoms with Crippen molar-refractivity contribution in [2.75, 3.05) is 4.90 Å². The minimum atomic E-state index is -0.479. The number of hydrogen-bond acceptors (Lipinski definition) is 2. The molecule has 1 heterocycles. The second kappa shape index (κ2) is 16.0. The number of hydrogen-bond donors (Lipinski definition) is 0. The van der Waals surface area contributed by atoms with Gasteiger partial charge in [-0.3, -0.25) is 0 Å². The third-order valence-electron chi connectivity index (χ3n) is 13.9. The van der Waals surface area contributed by atoms with Crippen LogP contribution in [0.2, 0.25) is 0 Å². The van der Waals surface area contributed by atoms with Crippen molar-refractivity contribution in [2.24, 2.45) is 0 Å². The van der Waals surface area contributed by atoms with Gasteiger partial charge in [0.2, 0.25) is 0 Å². The van der Waals surface area contributed by atoms with Crippen molar-refractivity contribution in [1.82, 2.24) is 0 Å². The molecule has 1 aromatic heterocycles. The van der Waals surface area contributed by atoms with E-state index in [1.807, 2.05) is 11.3 Å². The topological polar surface area (TPSA) is 3.24 Å². The molecule has 0 radical (unpaired) electrons. The minimum absolute atomic E-state index is 0.479. The highest BCUT2D eigenvalue weighted by Gasteiger charge is 2.46. The van der Waals surface area contributed by atoms with E-state index in [-0.39, 0.29) is 0 Å². The summed E-state index contributed by atoms with van der Waals surface area (Å²) >= 11 is 1.91. The third kappa shape index (κ3) is 6.37. The maximum absolute atomic E-state index is 2.46. The van der Waals surface area contributed by atoms with Crippen molar-refractivity contribution < 1.29 is 0 Å². The van der Waals surface area contributed by atoms with Gasteiger partial charge in [0, 0.05) is 37.2 Å². The lowest BCUT2D eigenvalue weighted by molar-refractivity contribution is 0.768. The molecule has 0 atom stereocenters. The zero-order chi connectivity index (χ0) is 44.3. The van der Waals surface area contributed by atoms with Crippen LogP contribution in [0.3, 0.4) is 0 Å². The number of rotatable bonds is 8. The highest BCUT2D eigenvalue weighted by atomic mass is 32.1. The largest absolute Gasteiger partial charge is 0.310 e. The average Bonchev–Trinajstić information content (AvgIpc) is 3.94. The highest BCUT2D eigenvalue weighted by Crippen LogP contribution is 2.57. The SMILES string of the molecule is c1ccc(-c2cc(-c3ccccc3)cc(N(c3ccc(-c4cccc5c4sc4c6ccccc6ccc54)cc3)c3ccc4c(c3)-c3ccccc3C4(c3ccccc3)c3ccccc3)c2)cc1. The normalized spacial score (nSPS) is 12.6. The van der Waals surface area contributed by atoms with Crippen molar-refractivity contribution in [2.45, 2.75) is 5.41 Å². The molecule has 0 fully saturated rings. The molecule has 0 bridgehead atoms. The van der Waals surface area contributed by atoms with E-state index in [1.54, 1.807) is 0 Å². The Morgan fingerprint density at radius 1 is 0.284 bits per heavy atom. The zero-order valence-electron chi connectivity index (χ0n) is 36.7. The molecule has 1 aliphatic rings. The van der Waals surface area contributed by atoms with E-state index in [0.29, 0.717) is 0 Å². The van der Waals surface area contributed by atoms with Crippen molar-refractivity contribution >= 4 is 59.3 Å². The predicted molar refractivity (Wildman–Crippen MR) is 285 cm³/mol. The molecule has 0 saturated carbocycles. The molecule has 0 aliphatic heterocycles. The molecule has 12 aromatic rings. The quantitative estimate of drug-likeness (QED) is 0.147. The number of thiophene rings is 1. The summed E-state index contributed by atoms with van der Waals surface area (Å²) in [6, 6.07) is 96.3. The molecule has 13 rings (SSSR count). The van der Waals surface area contributed by atoms with Gasteiger partial charge in [-0.05, 0) is 120 Å². The summed E-state index contributed by atoms with van der Waals surface area (Å²) in [6.07, 6.45) is 0. The van der Waals surface area contributed by atoms with Crippen LogP contribution >= 0.6 is 11.3 Å². The van der Waals surface area contributed by atoms with Gasteiger partial charge in [0.1, 0.15) is 0 Å². The van der Waals surface area contributed by atoms with Gasteiger partial charge in [-0.2, -0.15) is 0 Å². The summed E-state index contributed by atoms with van der Waals surface area (Å²) in [4.78, 5) is 2.46. The standard InChI is InChI=1S/C65H43NS/c1-5-18-44(19-6-1)48-40-49(45-20-7-2-8-21-45)42-54(41-48)66(52-35-32-47(33-36-52)56-29-17-30-58-59-38-34-46-22-13-14-27-55(46)64(59)67-63(56)58)53-37-39-62-60(43-53)57-28-15-16-31-61(57)65(62,50-23-9-3-10-24-50)51-25-11-4-12-26-51/h1-43H. The molecule has 314 valence electrons. The molecule has 0 amide bonds. The second-order valence-corrected chi connectivity index (χ2v) is 18.6. The van der Waals surface area contributed by atoms with Crippen molar-refractivity contribution in [3.8, 4) is 44.5 Å². The van der Waals surface area contributed by atoms with Crippen molar-refractivity contribution in [3.05, 3.63) is 283 Å². The van der Waals surface area contributed by atoms with Gasteiger partial charge in [-0.25, -0.2) is 0 Å². The summed E-state index contributed by atoms with van der Waals surface area (Å²) in [6.45, 7) is 0. The van der Waals surface area contributed by atoms with Gasteiger partial charge >= 0.3 is 0 Å². The lowest BCUT2D eigenvalue weighted by atomic mass is 9.68. The molecule has 0 N–H and O–H groups in total. The van der Waals surface area contributed by atoms with Crippen molar-refractivity contribution in [3.63, 3.8) is 0 Å². The average molecular weight is 870 g/mol. The smallest absolute Gasteiger partial charge is 0.0713 e. The number of anilines is 3. The van der Waals surface area contributed by atoms with E-state index in [4.69, 9.17) is 0 Å². The molecule has 67 heavy (non-hydrogen) atoms. The summed E-state index contributed by atoms with van der Waals surface area (Å²) < 4.78 is 2.66. The fraction of sp³-hybridized carbons (Fsp3) is 0.0154. The molecular weight excluding hydrogens is 827 g/mol. The van der Waals surface area contributed by atoms with Gasteiger partial charge < -0.3 is 4.90 Å². The Hall–Kier alpha value is -8.30. The van der Waals surface area contributed by atoms with Crippen LogP contribution in [-0.4, -0.2) is 0 Å². The second-order valence-electron chi connectivity index (χ2n) is 17.6. The molecule has 1 aliphatic carbocycles. The molecule has 0 spiro atoms. The minimum Gasteiger partial charge on any atom is -0.310 e. The first-order valence-electron chi connectivity index (χ1n) is 23.1. The number of benzene rings is 11. The maximum Gasteiger partial charge on any atom is 0.0713 e. The van der Waals surface area contributed by atoms with E-state index in [2.05, 4.69) is 266 Å². The van der Waals surface area contributed by atoms with Gasteiger partial charge in [-0.1, -0.05) is 218 Å². The Morgan fingerprint density at radius 2 is 0.821 bits per heavy atom. The van der Waals surface area contributed by atoms with E-state index in [1.165, 1.54) is 97.7 Å². The Morgan fingerprint density at radius 3 is 1.51 bits per heavy atom. The zero-order valence-corrected chi connectivity index (χ0v) is 37.5. The lowest BCUT2D eigenvalue weighted by Gasteiger charge is -2.34. The van der Waals surface area contributed by atoms with Crippen LogP contribution in [0.15, 0.2) is 261 Å². The maximum atomic E-state index is 2.46. The Kier molecular flexibility index (Phi) is 9.33. The van der Waals surface area contributed by atoms with E-state index >= 15 is 0 Å². The third-order valence-corrected chi connectivity index (χ3v) is 15.2. The van der Waals surface area contributed by atoms with Crippen LogP contribution in [0.4, 0.5) is 17.1 Å². The molecule has 0 unspecified atom stereocenters. The fourth-order valence-electron chi connectivity index (χ4n) is 10.9. The molecule has 2 heteroatoms. The van der Waals surface area contributed by atoms with Gasteiger partial charge in [-0.15, -0.1) is 11.3 Å². The van der Waals surface area contributed by atoms with Crippen LogP contribution in [-0.2, 0) is 5.41 Å². The Bertz CT molecular complexity index is 3680. The number of fused-ring (bicyclic) bond motifs is 8. The first-order valence-corrected chi connectivity index (χ1v) is 23.9. The summed E-state index contributed by atoms with van der Waals surface area (Å²) in [5.74, 6) is 0. The van der Waals surface area contributed by atoms with E-state index < -0.39 is 5.41 Å². The summed E-state index contributed by atoms with van der Waals surface area (Å²) in [5, 5.41) is 5.21. The van der Waals surface area contributed by atoms with Gasteiger partial charge in [0.05, 0.1) is 5.41 Å². The van der Waals surface area contributed by atoms with Crippen molar-refractivity contribution in [1.29, 1.82) is 0 Å². The van der Waals surface area contributed by atoms with Gasteiger partial charge in [0.25, 0.3) is 0 Å². The molecule has 11 aromatic carbocycles. The molecule has 1 nitrogen and oxygen atoms in total. The summed E-state index contributed by atoms with van der Waals surface area (Å²) in [7, 11) is 0. The fourth-order valence-corrected chi connectivity index (χ4v) is 12.3. The van der Waals surface area contributed by atoms with Crippen LogP contribution < -0.4 is 4.90 Å². The first kappa shape index (κ1) is 39.1. The first-order chi connectivity index (χ1) is 33.2. The Labute approximate surface area is 395 Å². The summed E-state index contributed by atoms with van der Waals surface area (Å²) in [5.41, 5.74) is 17.6. The predicted octanol–water partition coefficient (Wildman–Crippen LogP) is 18.0. The lowest BCUT2D eigenvalue weighted by Crippen LogP contribution is -2.28. The van der Waals surface area contributed by atoms with Crippen LogP contribution in [0.1, 0.15) is 22.3 Å². The van der Waals surface area contributed by atoms with Crippen LogP contribution in [0.5, 0.6) is 0 Å². The molecule has 0 saturated heterocycles. The van der Waals surface area contributed by atoms with Crippen LogP contribution in [0, 0.1) is 0 Å². The van der Waals surface area contributed by atoms with Gasteiger partial charge in [0.15, 0.2) is 0 Å². The van der Waals surface area contributed by atoms with E-state index in [9.17, 15) is 0 Å². The monoisotopic (exact) mass is 869 g/mol. The Balaban J connectivity index is 1.02. The van der Waals surface area contributed by atoms with Crippen LogP contribution in [0.25, 0.3) is 75.5 Å². The molecular formula is C65H43NS. The highest BCUT2D eigenvalue weighted by molar-refractivity contribution is 7.27.